The number of rotatable bonds is 4. The molecule has 3 rings (SSSR count). The van der Waals surface area contributed by atoms with Crippen LogP contribution in [0.15, 0.2) is 53.0 Å². The fraction of sp³-hybridized carbons (Fsp3) is 0.167. The van der Waals surface area contributed by atoms with Gasteiger partial charge in [0.05, 0.1) is 0 Å². The van der Waals surface area contributed by atoms with Crippen LogP contribution in [0.1, 0.15) is 12.5 Å². The number of halogens is 1. The summed E-state index contributed by atoms with van der Waals surface area (Å²) in [5, 5.41) is 4.16. The first-order valence-electron chi connectivity index (χ1n) is 7.16. The second-order valence-corrected chi connectivity index (χ2v) is 7.12. The lowest BCUT2D eigenvalue weighted by Crippen LogP contribution is -2.22. The van der Waals surface area contributed by atoms with Crippen LogP contribution in [0.4, 0.5) is 0 Å². The number of fused-ring (bicyclic) bond motifs is 1. The highest BCUT2D eigenvalue weighted by atomic mass is 79.9. The van der Waals surface area contributed by atoms with E-state index in [1.165, 1.54) is 26.1 Å². The van der Waals surface area contributed by atoms with Gasteiger partial charge in [0.2, 0.25) is 5.91 Å². The molecule has 22 heavy (non-hydrogen) atoms. The van der Waals surface area contributed by atoms with Crippen molar-refractivity contribution in [2.24, 2.45) is 0 Å². The monoisotopic (exact) mass is 373 g/mol. The first-order chi connectivity index (χ1) is 10.6. The summed E-state index contributed by atoms with van der Waals surface area (Å²) in [7, 11) is 0. The van der Waals surface area contributed by atoms with Crippen LogP contribution in [-0.2, 0) is 11.2 Å². The number of carbonyl (C=O) groups is 1. The first-order valence-corrected chi connectivity index (χ1v) is 8.77. The maximum atomic E-state index is 11.1. The average molecular weight is 374 g/mol. The fourth-order valence-corrected chi connectivity index (χ4v) is 4.15. The molecule has 0 aliphatic rings. The Morgan fingerprint density at radius 1 is 1.18 bits per heavy atom. The van der Waals surface area contributed by atoms with E-state index in [1.54, 1.807) is 6.92 Å². The molecular weight excluding hydrogens is 358 g/mol. The number of thiophene rings is 1. The van der Waals surface area contributed by atoms with Gasteiger partial charge in [0, 0.05) is 27.5 Å². The van der Waals surface area contributed by atoms with E-state index in [0.29, 0.717) is 6.54 Å². The van der Waals surface area contributed by atoms with Crippen molar-refractivity contribution in [1.82, 2.24) is 5.32 Å². The number of carbonyl (C=O) groups excluding carboxylic acids is 1. The number of nitrogens with one attached hydrogen (secondary N) is 1. The van der Waals surface area contributed by atoms with Crippen LogP contribution in [-0.4, -0.2) is 12.5 Å². The summed E-state index contributed by atoms with van der Waals surface area (Å²) in [4.78, 5) is 12.4. The molecule has 1 N–H and O–H groups in total. The van der Waals surface area contributed by atoms with E-state index in [1.807, 2.05) is 17.4 Å². The number of hydrogen-bond acceptors (Lipinski definition) is 2. The largest absolute Gasteiger partial charge is 0.356 e. The van der Waals surface area contributed by atoms with Gasteiger partial charge in [0.15, 0.2) is 0 Å². The highest BCUT2D eigenvalue weighted by Crippen LogP contribution is 2.39. The van der Waals surface area contributed by atoms with Gasteiger partial charge in [-0.2, -0.15) is 0 Å². The topological polar surface area (TPSA) is 29.1 Å². The van der Waals surface area contributed by atoms with Gasteiger partial charge in [-0.25, -0.2) is 0 Å². The number of benzene rings is 2. The molecule has 1 amide bonds. The maximum absolute atomic E-state index is 11.1. The SMILES string of the molecule is CC(=O)NCCc1c(-c2ccccc2)sc2ccc(Br)cc12. The van der Waals surface area contributed by atoms with Crippen molar-refractivity contribution in [2.75, 3.05) is 6.54 Å². The summed E-state index contributed by atoms with van der Waals surface area (Å²) in [6.45, 7) is 2.22. The van der Waals surface area contributed by atoms with E-state index in [4.69, 9.17) is 0 Å². The standard InChI is InChI=1S/C18H16BrNOS/c1-12(21)20-10-9-15-16-11-14(19)7-8-17(16)22-18(15)13-5-3-2-4-6-13/h2-8,11H,9-10H2,1H3,(H,20,21). The zero-order valence-electron chi connectivity index (χ0n) is 12.2. The Morgan fingerprint density at radius 2 is 1.95 bits per heavy atom. The Bertz CT molecular complexity index is 811. The van der Waals surface area contributed by atoms with E-state index in [0.717, 1.165) is 10.9 Å². The highest BCUT2D eigenvalue weighted by molar-refractivity contribution is 9.10. The minimum Gasteiger partial charge on any atom is -0.356 e. The quantitative estimate of drug-likeness (QED) is 0.684. The minimum atomic E-state index is 0.0157. The van der Waals surface area contributed by atoms with Crippen LogP contribution < -0.4 is 5.32 Å². The van der Waals surface area contributed by atoms with E-state index >= 15 is 0 Å². The summed E-state index contributed by atoms with van der Waals surface area (Å²) >= 11 is 5.37. The van der Waals surface area contributed by atoms with Crippen LogP contribution in [0.2, 0.25) is 0 Å². The predicted octanol–water partition coefficient (Wildman–Crippen LogP) is 5.01. The third kappa shape index (κ3) is 3.23. The Balaban J connectivity index is 2.07. The summed E-state index contributed by atoms with van der Waals surface area (Å²) in [5.41, 5.74) is 2.54. The smallest absolute Gasteiger partial charge is 0.216 e. The molecule has 112 valence electrons. The molecule has 2 aromatic carbocycles. The van der Waals surface area contributed by atoms with Crippen LogP contribution in [0.25, 0.3) is 20.5 Å². The summed E-state index contributed by atoms with van der Waals surface area (Å²) in [6.07, 6.45) is 0.834. The second kappa shape index (κ2) is 6.63. The van der Waals surface area contributed by atoms with Crippen LogP contribution >= 0.6 is 27.3 Å². The van der Waals surface area contributed by atoms with Crippen molar-refractivity contribution in [2.45, 2.75) is 13.3 Å². The normalized spacial score (nSPS) is 10.8. The Hall–Kier alpha value is -1.65. The average Bonchev–Trinajstić information content (AvgIpc) is 2.86. The Morgan fingerprint density at radius 3 is 2.68 bits per heavy atom. The van der Waals surface area contributed by atoms with Crippen molar-refractivity contribution < 1.29 is 4.79 Å². The predicted molar refractivity (Wildman–Crippen MR) is 97.3 cm³/mol. The van der Waals surface area contributed by atoms with E-state index in [-0.39, 0.29) is 5.91 Å². The molecule has 0 aliphatic heterocycles. The molecule has 1 aromatic heterocycles. The van der Waals surface area contributed by atoms with Gasteiger partial charge in [-0.15, -0.1) is 11.3 Å². The highest BCUT2D eigenvalue weighted by Gasteiger charge is 2.14. The van der Waals surface area contributed by atoms with Crippen molar-refractivity contribution >= 4 is 43.3 Å². The van der Waals surface area contributed by atoms with Gasteiger partial charge < -0.3 is 5.32 Å². The molecule has 0 bridgehead atoms. The molecule has 0 atom stereocenters. The molecule has 2 nitrogen and oxygen atoms in total. The molecule has 0 spiro atoms. The summed E-state index contributed by atoms with van der Waals surface area (Å²) < 4.78 is 2.36. The molecule has 0 saturated heterocycles. The van der Waals surface area contributed by atoms with Gasteiger partial charge in [-0.3, -0.25) is 4.79 Å². The molecule has 0 saturated carbocycles. The first kappa shape index (κ1) is 15.3. The van der Waals surface area contributed by atoms with Crippen molar-refractivity contribution in [1.29, 1.82) is 0 Å². The van der Waals surface area contributed by atoms with Gasteiger partial charge in [-0.05, 0) is 41.1 Å². The summed E-state index contributed by atoms with van der Waals surface area (Å²) in [5.74, 6) is 0.0157. The van der Waals surface area contributed by atoms with Gasteiger partial charge in [0.1, 0.15) is 0 Å². The van der Waals surface area contributed by atoms with Crippen LogP contribution in [0.3, 0.4) is 0 Å². The molecule has 0 radical (unpaired) electrons. The van der Waals surface area contributed by atoms with Crippen LogP contribution in [0.5, 0.6) is 0 Å². The van der Waals surface area contributed by atoms with Crippen LogP contribution in [0, 0.1) is 0 Å². The van der Waals surface area contributed by atoms with Crippen molar-refractivity contribution in [3.05, 3.63) is 58.6 Å². The van der Waals surface area contributed by atoms with E-state index < -0.39 is 0 Å². The number of hydrogen-bond donors (Lipinski definition) is 1. The lowest BCUT2D eigenvalue weighted by atomic mass is 10.0. The zero-order valence-corrected chi connectivity index (χ0v) is 14.6. The van der Waals surface area contributed by atoms with Crippen molar-refractivity contribution in [3.8, 4) is 10.4 Å². The molecular formula is C18H16BrNOS. The maximum Gasteiger partial charge on any atom is 0.216 e. The van der Waals surface area contributed by atoms with E-state index in [2.05, 4.69) is 63.7 Å². The Kier molecular flexibility index (Phi) is 4.60. The zero-order chi connectivity index (χ0) is 15.5. The van der Waals surface area contributed by atoms with Gasteiger partial charge in [0.25, 0.3) is 0 Å². The molecule has 0 fully saturated rings. The molecule has 4 heteroatoms. The second-order valence-electron chi connectivity index (χ2n) is 5.15. The molecule has 0 unspecified atom stereocenters. The lowest BCUT2D eigenvalue weighted by molar-refractivity contribution is -0.118. The molecule has 1 heterocycles. The third-order valence-corrected chi connectivity index (χ3v) is 5.29. The fourth-order valence-electron chi connectivity index (χ4n) is 2.56. The summed E-state index contributed by atoms with van der Waals surface area (Å²) in [6, 6.07) is 16.8. The lowest BCUT2D eigenvalue weighted by Gasteiger charge is -2.06. The van der Waals surface area contributed by atoms with Crippen molar-refractivity contribution in [3.63, 3.8) is 0 Å². The number of amides is 1. The minimum absolute atomic E-state index is 0.0157. The molecule has 3 aromatic rings. The molecule has 0 aliphatic carbocycles. The van der Waals surface area contributed by atoms with Gasteiger partial charge >= 0.3 is 0 Å². The van der Waals surface area contributed by atoms with Gasteiger partial charge in [-0.1, -0.05) is 46.3 Å². The Labute approximate surface area is 142 Å². The third-order valence-electron chi connectivity index (χ3n) is 3.54. The van der Waals surface area contributed by atoms with E-state index in [9.17, 15) is 4.79 Å².